The summed E-state index contributed by atoms with van der Waals surface area (Å²) < 4.78 is 4.79. The number of para-hydroxylation sites is 1. The maximum Gasteiger partial charge on any atom is 0.253 e. The number of nitrogens with one attached hydrogen (secondary N) is 2. The number of rotatable bonds is 6. The zero-order chi connectivity index (χ0) is 16.7. The first kappa shape index (κ1) is 16.7. The molecule has 0 saturated heterocycles. The van der Waals surface area contributed by atoms with E-state index in [1.54, 1.807) is 24.3 Å². The Kier molecular flexibility index (Phi) is 5.88. The van der Waals surface area contributed by atoms with E-state index in [0.717, 1.165) is 5.56 Å². The predicted molar refractivity (Wildman–Crippen MR) is 89.3 cm³/mol. The Hall–Kier alpha value is -2.66. The summed E-state index contributed by atoms with van der Waals surface area (Å²) in [5, 5.41) is 5.62. The average Bonchev–Trinajstić information content (AvgIpc) is 2.56. The highest BCUT2D eigenvalue weighted by Gasteiger charge is 2.15. The van der Waals surface area contributed by atoms with Gasteiger partial charge in [-0.25, -0.2) is 0 Å². The standard InChI is InChI=1S/C18H20N2O3/c1-13(14-8-4-3-5-9-14)19-18(22)15-10-6-7-11-16(15)20-17(21)12-23-2/h3-11,13H,12H2,1-2H3,(H,19,22)(H,20,21)/t13-/m1/s1. The van der Waals surface area contributed by atoms with Gasteiger partial charge in [0.1, 0.15) is 6.61 Å². The van der Waals surface area contributed by atoms with Gasteiger partial charge in [0, 0.05) is 7.11 Å². The summed E-state index contributed by atoms with van der Waals surface area (Å²) in [6, 6.07) is 16.5. The van der Waals surface area contributed by atoms with Gasteiger partial charge in [0.2, 0.25) is 5.91 Å². The molecule has 0 aliphatic heterocycles. The molecule has 0 aliphatic rings. The molecule has 2 aromatic carbocycles. The Morgan fingerprint density at radius 3 is 2.39 bits per heavy atom. The van der Waals surface area contributed by atoms with Crippen LogP contribution < -0.4 is 10.6 Å². The van der Waals surface area contributed by atoms with Gasteiger partial charge in [0.25, 0.3) is 5.91 Å². The molecular weight excluding hydrogens is 292 g/mol. The number of ether oxygens (including phenoxy) is 1. The molecule has 0 spiro atoms. The van der Waals surface area contributed by atoms with Gasteiger partial charge in [-0.2, -0.15) is 0 Å². The van der Waals surface area contributed by atoms with Crippen LogP contribution in [0.4, 0.5) is 5.69 Å². The minimum Gasteiger partial charge on any atom is -0.375 e. The molecule has 23 heavy (non-hydrogen) atoms. The summed E-state index contributed by atoms with van der Waals surface area (Å²) in [5.74, 6) is -0.543. The van der Waals surface area contributed by atoms with Crippen LogP contribution in [0.3, 0.4) is 0 Å². The largest absolute Gasteiger partial charge is 0.375 e. The van der Waals surface area contributed by atoms with Crippen molar-refractivity contribution in [2.45, 2.75) is 13.0 Å². The zero-order valence-corrected chi connectivity index (χ0v) is 13.2. The van der Waals surface area contributed by atoms with Crippen molar-refractivity contribution < 1.29 is 14.3 Å². The minimum absolute atomic E-state index is 0.0592. The predicted octanol–water partition coefficient (Wildman–Crippen LogP) is 2.76. The van der Waals surface area contributed by atoms with Crippen molar-refractivity contribution in [1.29, 1.82) is 0 Å². The first-order chi connectivity index (χ1) is 11.1. The molecule has 0 radical (unpaired) electrons. The maximum atomic E-state index is 12.5. The molecule has 0 bridgehead atoms. The summed E-state index contributed by atoms with van der Waals surface area (Å²) >= 11 is 0. The third-order valence-electron chi connectivity index (χ3n) is 3.37. The molecule has 0 aliphatic carbocycles. The monoisotopic (exact) mass is 312 g/mol. The fourth-order valence-corrected chi connectivity index (χ4v) is 2.21. The second-order valence-electron chi connectivity index (χ2n) is 5.13. The van der Waals surface area contributed by atoms with E-state index in [1.165, 1.54) is 7.11 Å². The molecule has 5 nitrogen and oxygen atoms in total. The molecule has 2 N–H and O–H groups in total. The van der Waals surface area contributed by atoms with Crippen LogP contribution in [0.1, 0.15) is 28.9 Å². The van der Waals surface area contributed by atoms with E-state index in [4.69, 9.17) is 4.74 Å². The topological polar surface area (TPSA) is 67.4 Å². The van der Waals surface area contributed by atoms with Crippen molar-refractivity contribution in [3.05, 3.63) is 65.7 Å². The van der Waals surface area contributed by atoms with E-state index in [9.17, 15) is 9.59 Å². The lowest BCUT2D eigenvalue weighted by Crippen LogP contribution is -2.28. The molecule has 2 rings (SSSR count). The second kappa shape index (κ2) is 8.10. The van der Waals surface area contributed by atoms with Crippen molar-refractivity contribution in [3.8, 4) is 0 Å². The van der Waals surface area contributed by atoms with Crippen LogP contribution in [0.25, 0.3) is 0 Å². The molecule has 120 valence electrons. The van der Waals surface area contributed by atoms with Gasteiger partial charge in [-0.15, -0.1) is 0 Å². The third-order valence-corrected chi connectivity index (χ3v) is 3.37. The van der Waals surface area contributed by atoms with E-state index in [1.807, 2.05) is 37.3 Å². The molecule has 0 unspecified atom stereocenters. The van der Waals surface area contributed by atoms with E-state index in [0.29, 0.717) is 11.3 Å². The lowest BCUT2D eigenvalue weighted by molar-refractivity contribution is -0.119. The van der Waals surface area contributed by atoms with Crippen LogP contribution in [0, 0.1) is 0 Å². The number of hydrogen-bond acceptors (Lipinski definition) is 3. The Bertz CT molecular complexity index is 671. The molecule has 0 heterocycles. The first-order valence-corrected chi connectivity index (χ1v) is 7.35. The van der Waals surface area contributed by atoms with Gasteiger partial charge in [0.15, 0.2) is 0 Å². The number of amides is 2. The van der Waals surface area contributed by atoms with Gasteiger partial charge in [0.05, 0.1) is 17.3 Å². The number of carbonyl (C=O) groups is 2. The van der Waals surface area contributed by atoms with E-state index in [-0.39, 0.29) is 24.5 Å². The van der Waals surface area contributed by atoms with E-state index >= 15 is 0 Å². The molecule has 0 saturated carbocycles. The number of anilines is 1. The van der Waals surface area contributed by atoms with Gasteiger partial charge in [-0.3, -0.25) is 9.59 Å². The summed E-state index contributed by atoms with van der Waals surface area (Å²) in [4.78, 5) is 24.2. The van der Waals surface area contributed by atoms with Gasteiger partial charge in [-0.1, -0.05) is 42.5 Å². The number of carbonyl (C=O) groups excluding carboxylic acids is 2. The van der Waals surface area contributed by atoms with Crippen LogP contribution in [0.15, 0.2) is 54.6 Å². The molecular formula is C18H20N2O3. The smallest absolute Gasteiger partial charge is 0.253 e. The van der Waals surface area contributed by atoms with Crippen LogP contribution in [-0.2, 0) is 9.53 Å². The van der Waals surface area contributed by atoms with E-state index < -0.39 is 0 Å². The van der Waals surface area contributed by atoms with Crippen LogP contribution in [0.5, 0.6) is 0 Å². The summed E-state index contributed by atoms with van der Waals surface area (Å²) in [6.45, 7) is 1.86. The highest BCUT2D eigenvalue weighted by atomic mass is 16.5. The van der Waals surface area contributed by atoms with Crippen molar-refractivity contribution >= 4 is 17.5 Å². The Morgan fingerprint density at radius 2 is 1.70 bits per heavy atom. The van der Waals surface area contributed by atoms with Crippen molar-refractivity contribution in [3.63, 3.8) is 0 Å². The van der Waals surface area contributed by atoms with Gasteiger partial charge in [-0.05, 0) is 24.6 Å². The quantitative estimate of drug-likeness (QED) is 0.862. The van der Waals surface area contributed by atoms with Gasteiger partial charge < -0.3 is 15.4 Å². The van der Waals surface area contributed by atoms with Crippen LogP contribution >= 0.6 is 0 Å². The van der Waals surface area contributed by atoms with Crippen molar-refractivity contribution in [2.75, 3.05) is 19.0 Å². The molecule has 2 amide bonds. The summed E-state index contributed by atoms with van der Waals surface area (Å²) in [7, 11) is 1.44. The highest BCUT2D eigenvalue weighted by Crippen LogP contribution is 2.17. The minimum atomic E-state index is -0.302. The number of hydrogen-bond donors (Lipinski definition) is 2. The molecule has 5 heteroatoms. The fourth-order valence-electron chi connectivity index (χ4n) is 2.21. The second-order valence-corrected chi connectivity index (χ2v) is 5.13. The normalized spacial score (nSPS) is 11.6. The Labute approximate surface area is 135 Å². The summed E-state index contributed by atoms with van der Waals surface area (Å²) in [6.07, 6.45) is 0. The summed E-state index contributed by atoms with van der Waals surface area (Å²) in [5.41, 5.74) is 1.90. The van der Waals surface area contributed by atoms with Crippen LogP contribution in [-0.4, -0.2) is 25.5 Å². The Balaban J connectivity index is 2.11. The lowest BCUT2D eigenvalue weighted by atomic mass is 10.1. The maximum absolute atomic E-state index is 12.5. The van der Waals surface area contributed by atoms with Crippen molar-refractivity contribution in [2.24, 2.45) is 0 Å². The third kappa shape index (κ3) is 4.66. The highest BCUT2D eigenvalue weighted by molar-refractivity contribution is 6.04. The number of methoxy groups -OCH3 is 1. The van der Waals surface area contributed by atoms with Gasteiger partial charge >= 0.3 is 0 Å². The fraction of sp³-hybridized carbons (Fsp3) is 0.222. The van der Waals surface area contributed by atoms with Crippen LogP contribution in [0.2, 0.25) is 0 Å². The Morgan fingerprint density at radius 1 is 1.04 bits per heavy atom. The molecule has 0 fully saturated rings. The average molecular weight is 312 g/mol. The first-order valence-electron chi connectivity index (χ1n) is 7.35. The number of benzene rings is 2. The van der Waals surface area contributed by atoms with Crippen molar-refractivity contribution in [1.82, 2.24) is 5.32 Å². The molecule has 1 atom stereocenters. The SMILES string of the molecule is COCC(=O)Nc1ccccc1C(=O)N[C@H](C)c1ccccc1. The zero-order valence-electron chi connectivity index (χ0n) is 13.2. The molecule has 0 aromatic heterocycles. The molecule has 2 aromatic rings. The lowest BCUT2D eigenvalue weighted by Gasteiger charge is -2.16. The van der Waals surface area contributed by atoms with E-state index in [2.05, 4.69) is 10.6 Å².